The molecule has 4 aromatic rings. The molecule has 45 heavy (non-hydrogen) atoms. The summed E-state index contributed by atoms with van der Waals surface area (Å²) in [7, 11) is -4.14. The van der Waals surface area contributed by atoms with Gasteiger partial charge in [-0.15, -0.1) is 0 Å². The van der Waals surface area contributed by atoms with E-state index in [1.807, 2.05) is 56.3 Å². The summed E-state index contributed by atoms with van der Waals surface area (Å²) in [5, 5.41) is 3.55. The van der Waals surface area contributed by atoms with Gasteiger partial charge in [0.15, 0.2) is 0 Å². The first-order valence-electron chi connectivity index (χ1n) is 15.2. The van der Waals surface area contributed by atoms with E-state index in [1.54, 1.807) is 54.6 Å². The second-order valence-electron chi connectivity index (χ2n) is 10.8. The lowest BCUT2D eigenvalue weighted by molar-refractivity contribution is -0.140. The van der Waals surface area contributed by atoms with E-state index >= 15 is 0 Å². The summed E-state index contributed by atoms with van der Waals surface area (Å²) in [6, 6.07) is 30.9. The van der Waals surface area contributed by atoms with E-state index < -0.39 is 28.5 Å². The highest BCUT2D eigenvalue weighted by Crippen LogP contribution is 2.26. The molecule has 1 atom stereocenters. The molecule has 0 saturated carbocycles. The molecule has 1 N–H and O–H groups in total. The van der Waals surface area contributed by atoms with Gasteiger partial charge in [-0.3, -0.25) is 13.9 Å². The van der Waals surface area contributed by atoms with Crippen molar-refractivity contribution in [2.45, 2.75) is 57.0 Å². The second kappa shape index (κ2) is 16.3. The van der Waals surface area contributed by atoms with Crippen molar-refractivity contribution in [3.05, 3.63) is 131 Å². The van der Waals surface area contributed by atoms with Crippen molar-refractivity contribution in [3.63, 3.8) is 0 Å². The topological polar surface area (TPSA) is 86.8 Å². The number of anilines is 1. The molecule has 9 heteroatoms. The molecule has 0 bridgehead atoms. The highest BCUT2D eigenvalue weighted by atomic mass is 35.5. The Hall–Kier alpha value is -4.14. The third-order valence-corrected chi connectivity index (χ3v) is 9.65. The van der Waals surface area contributed by atoms with Gasteiger partial charge in [0, 0.05) is 24.5 Å². The first-order valence-corrected chi connectivity index (χ1v) is 17.1. The van der Waals surface area contributed by atoms with Crippen molar-refractivity contribution < 1.29 is 18.0 Å². The molecular weight excluding hydrogens is 606 g/mol. The zero-order chi connectivity index (χ0) is 32.2. The third kappa shape index (κ3) is 9.19. The van der Waals surface area contributed by atoms with Crippen LogP contribution in [0, 0.1) is 0 Å². The smallest absolute Gasteiger partial charge is 0.264 e. The monoisotopic (exact) mass is 645 g/mol. The van der Waals surface area contributed by atoms with Crippen LogP contribution in [0.5, 0.6) is 0 Å². The Kier molecular flexibility index (Phi) is 12.2. The van der Waals surface area contributed by atoms with E-state index in [-0.39, 0.29) is 23.8 Å². The maximum absolute atomic E-state index is 14.5. The Labute approximate surface area is 271 Å². The standard InChI is InChI=1S/C36H40ClN3O4S/c1-3-5-24-38-36(42)34(25-29-12-8-6-9-13-29)39(26-30-16-20-31(37)21-17-30)35(41)27-40(32-22-18-28(4-2)19-23-32)45(43,44)33-14-10-7-11-15-33/h6-23,34H,3-5,24-27H2,1-2H3,(H,38,42). The van der Waals surface area contributed by atoms with Crippen LogP contribution >= 0.6 is 11.6 Å². The van der Waals surface area contributed by atoms with Gasteiger partial charge < -0.3 is 10.2 Å². The Bertz CT molecular complexity index is 1630. The number of carbonyl (C=O) groups excluding carboxylic acids is 2. The van der Waals surface area contributed by atoms with E-state index in [0.717, 1.165) is 40.3 Å². The van der Waals surface area contributed by atoms with Gasteiger partial charge in [0.2, 0.25) is 11.8 Å². The number of nitrogens with one attached hydrogen (secondary N) is 1. The minimum absolute atomic E-state index is 0.0692. The van der Waals surface area contributed by atoms with Gasteiger partial charge in [-0.05, 0) is 65.9 Å². The molecule has 0 aliphatic carbocycles. The van der Waals surface area contributed by atoms with E-state index in [1.165, 1.54) is 17.0 Å². The van der Waals surface area contributed by atoms with Crippen molar-refractivity contribution in [2.24, 2.45) is 0 Å². The fraction of sp³-hybridized carbons (Fsp3) is 0.278. The predicted molar refractivity (Wildman–Crippen MR) is 181 cm³/mol. The first-order chi connectivity index (χ1) is 21.7. The van der Waals surface area contributed by atoms with Crippen LogP contribution in [0.25, 0.3) is 0 Å². The van der Waals surface area contributed by atoms with Gasteiger partial charge in [-0.2, -0.15) is 0 Å². The summed E-state index contributed by atoms with van der Waals surface area (Å²) in [4.78, 5) is 29.8. The number of halogens is 1. The number of nitrogens with zero attached hydrogens (tertiary/aromatic N) is 2. The van der Waals surface area contributed by atoms with Crippen molar-refractivity contribution in [2.75, 3.05) is 17.4 Å². The maximum atomic E-state index is 14.5. The lowest BCUT2D eigenvalue weighted by Gasteiger charge is -2.34. The zero-order valence-electron chi connectivity index (χ0n) is 25.7. The molecule has 0 radical (unpaired) electrons. The minimum Gasteiger partial charge on any atom is -0.354 e. The fourth-order valence-electron chi connectivity index (χ4n) is 4.99. The maximum Gasteiger partial charge on any atom is 0.264 e. The first kappa shape index (κ1) is 33.7. The van der Waals surface area contributed by atoms with Crippen LogP contribution in [0.2, 0.25) is 5.02 Å². The number of hydrogen-bond acceptors (Lipinski definition) is 4. The second-order valence-corrected chi connectivity index (χ2v) is 13.1. The van der Waals surface area contributed by atoms with Crippen molar-refractivity contribution in [1.29, 1.82) is 0 Å². The molecule has 1 unspecified atom stereocenters. The van der Waals surface area contributed by atoms with Crippen LogP contribution in [0.3, 0.4) is 0 Å². The molecule has 0 heterocycles. The number of unbranched alkanes of at least 4 members (excludes halogenated alkanes) is 1. The summed E-state index contributed by atoms with van der Waals surface area (Å²) in [6.45, 7) is 4.12. The van der Waals surface area contributed by atoms with Gasteiger partial charge >= 0.3 is 0 Å². The Morgan fingerprint density at radius 2 is 1.38 bits per heavy atom. The number of rotatable bonds is 15. The number of hydrogen-bond donors (Lipinski definition) is 1. The lowest BCUT2D eigenvalue weighted by Crippen LogP contribution is -2.53. The Morgan fingerprint density at radius 1 is 0.778 bits per heavy atom. The van der Waals surface area contributed by atoms with Crippen LogP contribution < -0.4 is 9.62 Å². The summed E-state index contributed by atoms with van der Waals surface area (Å²) in [5.41, 5.74) is 3.05. The molecule has 0 aliphatic rings. The van der Waals surface area contributed by atoms with Crippen molar-refractivity contribution >= 4 is 39.1 Å². The SMILES string of the molecule is CCCCNC(=O)C(Cc1ccccc1)N(Cc1ccc(Cl)cc1)C(=O)CN(c1ccc(CC)cc1)S(=O)(=O)c1ccccc1. The third-order valence-electron chi connectivity index (χ3n) is 7.61. The molecule has 0 spiro atoms. The van der Waals surface area contributed by atoms with E-state index in [9.17, 15) is 18.0 Å². The van der Waals surface area contributed by atoms with Crippen molar-refractivity contribution in [1.82, 2.24) is 10.2 Å². The predicted octanol–water partition coefficient (Wildman–Crippen LogP) is 6.65. The highest BCUT2D eigenvalue weighted by molar-refractivity contribution is 7.92. The number of amides is 2. The molecule has 2 amide bonds. The Balaban J connectivity index is 1.77. The number of carbonyl (C=O) groups is 2. The molecule has 0 saturated heterocycles. The summed E-state index contributed by atoms with van der Waals surface area (Å²) < 4.78 is 29.3. The number of benzene rings is 4. The molecule has 0 aromatic heterocycles. The number of aryl methyl sites for hydroxylation is 1. The molecule has 4 rings (SSSR count). The highest BCUT2D eigenvalue weighted by Gasteiger charge is 2.34. The molecule has 236 valence electrons. The largest absolute Gasteiger partial charge is 0.354 e. The van der Waals surface area contributed by atoms with Crippen molar-refractivity contribution in [3.8, 4) is 0 Å². The summed E-state index contributed by atoms with van der Waals surface area (Å²) in [6.07, 6.45) is 2.74. The molecule has 4 aromatic carbocycles. The average molecular weight is 646 g/mol. The zero-order valence-corrected chi connectivity index (χ0v) is 27.3. The lowest BCUT2D eigenvalue weighted by atomic mass is 10.0. The van der Waals surface area contributed by atoms with Gasteiger partial charge in [-0.25, -0.2) is 8.42 Å². The summed E-state index contributed by atoms with van der Waals surface area (Å²) >= 11 is 6.15. The fourth-order valence-corrected chi connectivity index (χ4v) is 6.55. The number of sulfonamides is 1. The Morgan fingerprint density at radius 3 is 1.98 bits per heavy atom. The molecular formula is C36H40ClN3O4S. The molecule has 0 fully saturated rings. The van der Waals surface area contributed by atoms with E-state index in [4.69, 9.17) is 11.6 Å². The van der Waals surface area contributed by atoms with E-state index in [2.05, 4.69) is 5.32 Å². The summed E-state index contributed by atoms with van der Waals surface area (Å²) in [5.74, 6) is -0.796. The average Bonchev–Trinajstić information content (AvgIpc) is 3.07. The quantitative estimate of drug-likeness (QED) is 0.147. The van der Waals surface area contributed by atoms with Gasteiger partial charge in [0.1, 0.15) is 12.6 Å². The molecule has 7 nitrogen and oxygen atoms in total. The van der Waals surface area contributed by atoms with Gasteiger partial charge in [0.25, 0.3) is 10.0 Å². The minimum atomic E-state index is -4.14. The normalized spacial score (nSPS) is 11.9. The van der Waals surface area contributed by atoms with Crippen LogP contribution in [0.4, 0.5) is 5.69 Å². The van der Waals surface area contributed by atoms with Crippen LogP contribution in [-0.2, 0) is 39.0 Å². The van der Waals surface area contributed by atoms with E-state index in [0.29, 0.717) is 17.3 Å². The van der Waals surface area contributed by atoms with Gasteiger partial charge in [0.05, 0.1) is 10.6 Å². The van der Waals surface area contributed by atoms with Crippen LogP contribution in [0.1, 0.15) is 43.4 Å². The molecule has 0 aliphatic heterocycles. The van der Waals surface area contributed by atoms with Crippen LogP contribution in [0.15, 0.2) is 114 Å². The van der Waals surface area contributed by atoms with Crippen LogP contribution in [-0.4, -0.2) is 44.3 Å². The van der Waals surface area contributed by atoms with Gasteiger partial charge in [-0.1, -0.05) is 105 Å².